The van der Waals surface area contributed by atoms with Gasteiger partial charge in [0.15, 0.2) is 0 Å². The van der Waals surface area contributed by atoms with Gasteiger partial charge in [0.1, 0.15) is 17.3 Å². The standard InChI is InChI=1S/C16H21N5O4S/c1-12-9-13(18-25-12)11-20-14-3-6-17-21(14)16(10-15(20)22)4-7-19(8-5-16)26(2,23)24/h3,6,9H,4-5,7-8,10-11H2,1-2H3. The van der Waals surface area contributed by atoms with Crippen LogP contribution in [0, 0.1) is 6.92 Å². The molecule has 1 amide bonds. The molecule has 1 spiro atoms. The van der Waals surface area contributed by atoms with Gasteiger partial charge in [-0.25, -0.2) is 17.4 Å². The Morgan fingerprint density at radius 1 is 1.31 bits per heavy atom. The molecule has 0 atom stereocenters. The summed E-state index contributed by atoms with van der Waals surface area (Å²) < 4.78 is 32.0. The molecule has 0 N–H and O–H groups in total. The first-order valence-corrected chi connectivity index (χ1v) is 10.4. The van der Waals surface area contributed by atoms with E-state index < -0.39 is 15.6 Å². The summed E-state index contributed by atoms with van der Waals surface area (Å²) in [6.07, 6.45) is 4.34. The second-order valence-corrected chi connectivity index (χ2v) is 9.06. The fourth-order valence-corrected chi connectivity index (χ4v) is 4.74. The third kappa shape index (κ3) is 2.82. The maximum atomic E-state index is 12.9. The van der Waals surface area contributed by atoms with Gasteiger partial charge in [0.25, 0.3) is 0 Å². The Balaban J connectivity index is 1.62. The normalized spacial score (nSPS) is 20.5. The number of piperidine rings is 1. The molecule has 1 saturated heterocycles. The van der Waals surface area contributed by atoms with Crippen LogP contribution >= 0.6 is 0 Å². The van der Waals surface area contributed by atoms with Crippen LogP contribution in [-0.2, 0) is 26.9 Å². The third-order valence-corrected chi connectivity index (χ3v) is 6.55. The van der Waals surface area contributed by atoms with Gasteiger partial charge in [-0.3, -0.25) is 9.69 Å². The second-order valence-electron chi connectivity index (χ2n) is 7.07. The number of nitrogens with zero attached hydrogens (tertiary/aromatic N) is 5. The van der Waals surface area contributed by atoms with E-state index in [9.17, 15) is 13.2 Å². The van der Waals surface area contributed by atoms with Crippen LogP contribution < -0.4 is 4.90 Å². The first kappa shape index (κ1) is 17.2. The Morgan fingerprint density at radius 2 is 2.04 bits per heavy atom. The Morgan fingerprint density at radius 3 is 2.65 bits per heavy atom. The maximum Gasteiger partial charge on any atom is 0.230 e. The van der Waals surface area contributed by atoms with E-state index >= 15 is 0 Å². The molecule has 2 aromatic rings. The number of aromatic nitrogens is 3. The largest absolute Gasteiger partial charge is 0.361 e. The SMILES string of the molecule is Cc1cc(CN2C(=O)CC3(CCN(S(C)(=O)=O)CC3)n3nccc32)no1. The highest BCUT2D eigenvalue weighted by atomic mass is 32.2. The molecule has 140 valence electrons. The number of amides is 1. The highest BCUT2D eigenvalue weighted by Crippen LogP contribution is 2.41. The van der Waals surface area contributed by atoms with Crippen LogP contribution in [-0.4, -0.2) is 52.9 Å². The highest BCUT2D eigenvalue weighted by molar-refractivity contribution is 7.88. The summed E-state index contributed by atoms with van der Waals surface area (Å²) >= 11 is 0. The van der Waals surface area contributed by atoms with E-state index in [0.717, 1.165) is 5.82 Å². The molecule has 0 radical (unpaired) electrons. The average molecular weight is 379 g/mol. The zero-order valence-electron chi connectivity index (χ0n) is 14.8. The van der Waals surface area contributed by atoms with Crippen molar-refractivity contribution < 1.29 is 17.7 Å². The van der Waals surface area contributed by atoms with Gasteiger partial charge in [-0.05, 0) is 19.8 Å². The summed E-state index contributed by atoms with van der Waals surface area (Å²) in [6.45, 7) is 2.93. The molecule has 2 aromatic heterocycles. The summed E-state index contributed by atoms with van der Waals surface area (Å²) in [5.74, 6) is 1.41. The van der Waals surface area contributed by atoms with Crippen molar-refractivity contribution in [1.82, 2.24) is 19.2 Å². The Labute approximate surface area is 151 Å². The van der Waals surface area contributed by atoms with Crippen LogP contribution in [0.4, 0.5) is 5.82 Å². The summed E-state index contributed by atoms with van der Waals surface area (Å²) in [5, 5.41) is 8.43. The molecule has 26 heavy (non-hydrogen) atoms. The molecule has 9 nitrogen and oxygen atoms in total. The smallest absolute Gasteiger partial charge is 0.230 e. The van der Waals surface area contributed by atoms with Crippen LogP contribution in [0.25, 0.3) is 0 Å². The fourth-order valence-electron chi connectivity index (χ4n) is 3.89. The van der Waals surface area contributed by atoms with E-state index in [1.54, 1.807) is 11.1 Å². The predicted octanol–water partition coefficient (Wildman–Crippen LogP) is 0.867. The minimum Gasteiger partial charge on any atom is -0.361 e. The molecule has 0 aliphatic carbocycles. The quantitative estimate of drug-likeness (QED) is 0.784. The van der Waals surface area contributed by atoms with E-state index in [4.69, 9.17) is 4.52 Å². The number of carbonyl (C=O) groups is 1. The Kier molecular flexibility index (Phi) is 3.92. The average Bonchev–Trinajstić information content (AvgIpc) is 3.20. The maximum absolute atomic E-state index is 12.9. The van der Waals surface area contributed by atoms with Gasteiger partial charge >= 0.3 is 0 Å². The second kappa shape index (κ2) is 5.92. The van der Waals surface area contributed by atoms with Crippen molar-refractivity contribution in [1.29, 1.82) is 0 Å². The molecule has 0 unspecified atom stereocenters. The van der Waals surface area contributed by atoms with E-state index in [2.05, 4.69) is 10.3 Å². The molecular weight excluding hydrogens is 358 g/mol. The number of anilines is 1. The summed E-state index contributed by atoms with van der Waals surface area (Å²) in [6, 6.07) is 3.62. The predicted molar refractivity (Wildman–Crippen MR) is 92.9 cm³/mol. The first-order chi connectivity index (χ1) is 12.3. The lowest BCUT2D eigenvalue weighted by Gasteiger charge is -2.45. The van der Waals surface area contributed by atoms with Gasteiger partial charge in [0, 0.05) is 25.2 Å². The van der Waals surface area contributed by atoms with Crippen LogP contribution in [0.5, 0.6) is 0 Å². The van der Waals surface area contributed by atoms with E-state index in [1.165, 1.54) is 10.6 Å². The fraction of sp³-hybridized carbons (Fsp3) is 0.562. The molecular formula is C16H21N5O4S. The molecule has 10 heteroatoms. The summed E-state index contributed by atoms with van der Waals surface area (Å²) in [5.41, 5.74) is 0.222. The minimum absolute atomic E-state index is 0.00791. The number of hydrogen-bond acceptors (Lipinski definition) is 6. The van der Waals surface area contributed by atoms with Crippen molar-refractivity contribution in [2.75, 3.05) is 24.2 Å². The lowest BCUT2D eigenvalue weighted by Crippen LogP contribution is -2.54. The van der Waals surface area contributed by atoms with Crippen molar-refractivity contribution in [2.24, 2.45) is 0 Å². The highest BCUT2D eigenvalue weighted by Gasteiger charge is 2.46. The minimum atomic E-state index is -3.22. The third-order valence-electron chi connectivity index (χ3n) is 5.25. The van der Waals surface area contributed by atoms with Gasteiger partial charge in [-0.2, -0.15) is 5.10 Å². The lowest BCUT2D eigenvalue weighted by molar-refractivity contribution is -0.122. The first-order valence-electron chi connectivity index (χ1n) is 8.51. The molecule has 0 saturated carbocycles. The molecule has 1 fully saturated rings. The van der Waals surface area contributed by atoms with Crippen LogP contribution in [0.3, 0.4) is 0 Å². The summed E-state index contributed by atoms with van der Waals surface area (Å²) in [7, 11) is -3.22. The van der Waals surface area contributed by atoms with Gasteiger partial charge in [0.2, 0.25) is 15.9 Å². The van der Waals surface area contributed by atoms with Crippen molar-refractivity contribution in [3.8, 4) is 0 Å². The lowest BCUT2D eigenvalue weighted by atomic mass is 9.83. The van der Waals surface area contributed by atoms with Crippen molar-refractivity contribution >= 4 is 21.7 Å². The Hall–Kier alpha value is -2.20. The number of carbonyl (C=O) groups excluding carboxylic acids is 1. The van der Waals surface area contributed by atoms with Crippen LogP contribution in [0.1, 0.15) is 30.7 Å². The van der Waals surface area contributed by atoms with Crippen molar-refractivity contribution in [3.05, 3.63) is 29.8 Å². The van der Waals surface area contributed by atoms with E-state index in [0.29, 0.717) is 50.4 Å². The molecule has 2 aliphatic rings. The van der Waals surface area contributed by atoms with Crippen molar-refractivity contribution in [2.45, 2.75) is 38.3 Å². The number of sulfonamides is 1. The zero-order valence-corrected chi connectivity index (χ0v) is 15.6. The van der Waals surface area contributed by atoms with Gasteiger partial charge < -0.3 is 4.52 Å². The number of hydrogen-bond donors (Lipinski definition) is 0. The van der Waals surface area contributed by atoms with Crippen molar-refractivity contribution in [3.63, 3.8) is 0 Å². The van der Waals surface area contributed by atoms with Gasteiger partial charge in [-0.15, -0.1) is 0 Å². The Bertz CT molecular complexity index is 940. The van der Waals surface area contributed by atoms with Gasteiger partial charge in [-0.1, -0.05) is 5.16 Å². The molecule has 4 rings (SSSR count). The zero-order chi connectivity index (χ0) is 18.5. The number of aryl methyl sites for hydroxylation is 1. The number of rotatable bonds is 3. The molecule has 4 heterocycles. The monoisotopic (exact) mass is 379 g/mol. The van der Waals surface area contributed by atoms with E-state index in [-0.39, 0.29) is 5.91 Å². The molecule has 2 aliphatic heterocycles. The van der Waals surface area contributed by atoms with Crippen LogP contribution in [0.15, 0.2) is 22.9 Å². The molecule has 0 aromatic carbocycles. The molecule has 0 bridgehead atoms. The van der Waals surface area contributed by atoms with Gasteiger partial charge in [0.05, 0.1) is 31.0 Å². The topological polar surface area (TPSA) is 102 Å². The van der Waals surface area contributed by atoms with E-state index in [1.807, 2.05) is 23.7 Å². The van der Waals surface area contributed by atoms with Crippen LogP contribution in [0.2, 0.25) is 0 Å². The summed E-state index contributed by atoms with van der Waals surface area (Å²) in [4.78, 5) is 14.6. The number of fused-ring (bicyclic) bond motifs is 2.